The zero-order valence-electron chi connectivity index (χ0n) is 33.8. The molecule has 0 spiro atoms. The van der Waals surface area contributed by atoms with E-state index >= 15 is 0 Å². The third kappa shape index (κ3) is 13.5. The summed E-state index contributed by atoms with van der Waals surface area (Å²) in [5, 5.41) is 23.4. The molecule has 0 bridgehead atoms. The molecule has 1 aromatic carbocycles. The van der Waals surface area contributed by atoms with E-state index in [0.29, 0.717) is 31.4 Å². The number of carbonyl (C=O) groups is 9. The average molecular weight is 826 g/mol. The van der Waals surface area contributed by atoms with E-state index in [0.717, 1.165) is 6.42 Å². The summed E-state index contributed by atoms with van der Waals surface area (Å²) in [5.41, 5.74) is 11.4. The number of aliphatic carboxylic acids is 1. The number of rotatable bonds is 21. The average Bonchev–Trinajstić information content (AvgIpc) is 4.00. The Bertz CT molecular complexity index is 1700. The fourth-order valence-electron chi connectivity index (χ4n) is 7.84. The summed E-state index contributed by atoms with van der Waals surface area (Å²) in [6.07, 6.45) is 2.19. The number of benzene rings is 1. The second-order valence-electron chi connectivity index (χ2n) is 15.9. The van der Waals surface area contributed by atoms with Gasteiger partial charge in [0, 0.05) is 32.4 Å². The Morgan fingerprint density at radius 2 is 1.22 bits per heavy atom. The highest BCUT2D eigenvalue weighted by Crippen LogP contribution is 2.23. The Labute approximate surface area is 343 Å². The van der Waals surface area contributed by atoms with Gasteiger partial charge in [-0.25, -0.2) is 4.79 Å². The van der Waals surface area contributed by atoms with Gasteiger partial charge in [0.25, 0.3) is 0 Å². The minimum Gasteiger partial charge on any atom is -0.480 e. The van der Waals surface area contributed by atoms with Gasteiger partial charge in [0.2, 0.25) is 47.3 Å². The molecule has 59 heavy (non-hydrogen) atoms. The lowest BCUT2D eigenvalue weighted by atomic mass is 10.0. The molecule has 0 saturated carbocycles. The zero-order valence-corrected chi connectivity index (χ0v) is 33.8. The molecule has 3 heterocycles. The quantitative estimate of drug-likeness (QED) is 0.0711. The van der Waals surface area contributed by atoms with E-state index in [1.807, 2.05) is 0 Å². The number of amides is 8. The molecule has 19 heteroatoms. The summed E-state index contributed by atoms with van der Waals surface area (Å²) < 4.78 is 0. The lowest BCUT2D eigenvalue weighted by Crippen LogP contribution is -2.59. The molecule has 3 fully saturated rings. The van der Waals surface area contributed by atoms with Crippen LogP contribution in [0.1, 0.15) is 90.0 Å². The molecular formula is C40H59N9O10. The van der Waals surface area contributed by atoms with E-state index in [1.54, 1.807) is 44.2 Å². The van der Waals surface area contributed by atoms with Crippen LogP contribution in [0, 0.1) is 5.92 Å². The van der Waals surface area contributed by atoms with Gasteiger partial charge >= 0.3 is 5.97 Å². The number of nitrogens with zero attached hydrogens (tertiary/aromatic N) is 2. The number of nitrogens with two attached hydrogens (primary N) is 2. The zero-order chi connectivity index (χ0) is 43.2. The van der Waals surface area contributed by atoms with Crippen LogP contribution >= 0.6 is 0 Å². The van der Waals surface area contributed by atoms with E-state index < -0.39 is 95.5 Å². The molecule has 0 aliphatic carbocycles. The normalized spacial score (nSPS) is 20.9. The molecule has 3 saturated heterocycles. The minimum atomic E-state index is -1.33. The monoisotopic (exact) mass is 825 g/mol. The number of carboxylic acids is 1. The summed E-state index contributed by atoms with van der Waals surface area (Å²) in [7, 11) is 0. The van der Waals surface area contributed by atoms with Crippen LogP contribution in [0.25, 0.3) is 0 Å². The van der Waals surface area contributed by atoms with Gasteiger partial charge in [-0.2, -0.15) is 0 Å². The van der Waals surface area contributed by atoms with Gasteiger partial charge in [-0.3, -0.25) is 38.4 Å². The number of hydrogen-bond donors (Lipinski definition) is 8. The van der Waals surface area contributed by atoms with Crippen molar-refractivity contribution in [3.05, 3.63) is 35.9 Å². The highest BCUT2D eigenvalue weighted by Gasteiger charge is 2.42. The van der Waals surface area contributed by atoms with Crippen molar-refractivity contribution in [2.24, 2.45) is 17.4 Å². The van der Waals surface area contributed by atoms with Crippen LogP contribution in [-0.2, 0) is 49.6 Å². The number of nitrogens with one attached hydrogen (secondary N) is 5. The molecule has 324 valence electrons. The Morgan fingerprint density at radius 3 is 1.73 bits per heavy atom. The minimum absolute atomic E-state index is 0.0403. The predicted molar refractivity (Wildman–Crippen MR) is 212 cm³/mol. The maximum atomic E-state index is 14.4. The maximum Gasteiger partial charge on any atom is 0.326 e. The molecule has 3 aliphatic rings. The smallest absolute Gasteiger partial charge is 0.326 e. The highest BCUT2D eigenvalue weighted by molar-refractivity contribution is 5.98. The van der Waals surface area contributed by atoms with Gasteiger partial charge < -0.3 is 53.0 Å². The van der Waals surface area contributed by atoms with Crippen LogP contribution in [0.15, 0.2) is 30.3 Å². The maximum absolute atomic E-state index is 14.4. The fraction of sp³-hybridized carbons (Fsp3) is 0.625. The van der Waals surface area contributed by atoms with Crippen LogP contribution in [0.4, 0.5) is 0 Å². The Balaban J connectivity index is 1.52. The van der Waals surface area contributed by atoms with E-state index in [-0.39, 0.29) is 70.4 Å². The largest absolute Gasteiger partial charge is 0.480 e. The number of likely N-dealkylation sites (tertiary alicyclic amines) is 2. The van der Waals surface area contributed by atoms with Crippen LogP contribution in [0.3, 0.4) is 0 Å². The van der Waals surface area contributed by atoms with Crippen LogP contribution < -0.4 is 38.1 Å². The van der Waals surface area contributed by atoms with Gasteiger partial charge in [-0.05, 0) is 75.8 Å². The summed E-state index contributed by atoms with van der Waals surface area (Å²) >= 11 is 0. The van der Waals surface area contributed by atoms with Crippen LogP contribution in [0.2, 0.25) is 0 Å². The van der Waals surface area contributed by atoms with E-state index in [9.17, 15) is 48.3 Å². The van der Waals surface area contributed by atoms with Gasteiger partial charge in [0.1, 0.15) is 36.3 Å². The summed E-state index contributed by atoms with van der Waals surface area (Å²) in [5.74, 6) is -6.38. The molecular weight excluding hydrogens is 766 g/mol. The van der Waals surface area contributed by atoms with E-state index in [2.05, 4.69) is 26.6 Å². The fourth-order valence-corrected chi connectivity index (χ4v) is 7.84. The number of carboxylic acid groups (broad SMARTS) is 1. The lowest BCUT2D eigenvalue weighted by Gasteiger charge is -2.32. The molecule has 1 aromatic rings. The summed E-state index contributed by atoms with van der Waals surface area (Å²) in [6, 6.07) is 1.46. The molecule has 4 rings (SSSR count). The summed E-state index contributed by atoms with van der Waals surface area (Å²) in [6.45, 7) is 4.58. The molecule has 7 atom stereocenters. The molecule has 3 aliphatic heterocycles. The molecule has 10 N–H and O–H groups in total. The molecule has 0 unspecified atom stereocenters. The Hall–Kier alpha value is -5.59. The summed E-state index contributed by atoms with van der Waals surface area (Å²) in [4.78, 5) is 121. The van der Waals surface area contributed by atoms with Crippen LogP contribution in [0.5, 0.6) is 0 Å². The standard InChI is InChI=1S/C40H59N9O10/c1-23(2)21-29(40(58)59)47-35(53)26(14-16-32(41)50)44-36(54)30-12-8-20-49(30)39(57)28(22-24-9-4-3-5-10-24)46-37(55)31-13-7-19-48(31)38(56)27(15-17-33(42)51)45-34(52)25-11-6-18-43-25/h3-5,9-10,23,25-31,43H,6-8,11-22H2,1-2H3,(H2,41,50)(H2,42,51)(H,44,54)(H,45,52)(H,46,55)(H,47,53)(H,58,59)/t25-,26-,27-,28-,29-,30-,31-/m0/s1. The van der Waals surface area contributed by atoms with Crippen molar-refractivity contribution in [3.63, 3.8) is 0 Å². The second-order valence-corrected chi connectivity index (χ2v) is 15.9. The van der Waals surface area contributed by atoms with Crippen molar-refractivity contribution in [2.75, 3.05) is 19.6 Å². The first-order valence-electron chi connectivity index (χ1n) is 20.4. The molecule has 8 amide bonds. The van der Waals surface area contributed by atoms with Gasteiger partial charge in [-0.1, -0.05) is 44.2 Å². The highest BCUT2D eigenvalue weighted by atomic mass is 16.4. The Kier molecular flexibility index (Phi) is 17.2. The number of hydrogen-bond acceptors (Lipinski definition) is 10. The van der Waals surface area contributed by atoms with Crippen molar-refractivity contribution in [2.45, 2.75) is 133 Å². The van der Waals surface area contributed by atoms with Crippen LogP contribution in [-0.4, -0.2) is 130 Å². The number of primary amides is 2. The topological polar surface area (TPSA) is 293 Å². The van der Waals surface area contributed by atoms with Crippen molar-refractivity contribution in [1.29, 1.82) is 0 Å². The first-order chi connectivity index (χ1) is 28.0. The first-order valence-corrected chi connectivity index (χ1v) is 20.4. The molecule has 0 aromatic heterocycles. The number of carbonyl (C=O) groups excluding carboxylic acids is 8. The van der Waals surface area contributed by atoms with Gasteiger partial charge in [0.15, 0.2) is 0 Å². The molecule has 19 nitrogen and oxygen atoms in total. The van der Waals surface area contributed by atoms with E-state index in [1.165, 1.54) is 9.80 Å². The molecule has 0 radical (unpaired) electrons. The second kappa shape index (κ2) is 22.0. The van der Waals surface area contributed by atoms with Gasteiger partial charge in [-0.15, -0.1) is 0 Å². The lowest BCUT2D eigenvalue weighted by molar-refractivity contribution is -0.145. The third-order valence-corrected chi connectivity index (χ3v) is 10.9. The van der Waals surface area contributed by atoms with Gasteiger partial charge in [0.05, 0.1) is 6.04 Å². The first kappa shape index (κ1) is 46.1. The van der Waals surface area contributed by atoms with Crippen molar-refractivity contribution < 1.29 is 48.3 Å². The van der Waals surface area contributed by atoms with Crippen molar-refractivity contribution >= 4 is 53.2 Å². The Morgan fingerprint density at radius 1 is 0.695 bits per heavy atom. The van der Waals surface area contributed by atoms with E-state index in [4.69, 9.17) is 11.5 Å². The predicted octanol–water partition coefficient (Wildman–Crippen LogP) is -1.44. The van der Waals surface area contributed by atoms with Crippen molar-refractivity contribution in [3.8, 4) is 0 Å². The third-order valence-electron chi connectivity index (χ3n) is 10.9. The SMILES string of the molecule is CC(C)C[C@H](NC(=O)[C@H](CCC(N)=O)NC(=O)[C@@H]1CCCN1C(=O)[C@H](Cc1ccccc1)NC(=O)[C@@H]1CCCN1C(=O)[C@H](CCC(N)=O)NC(=O)[C@@H]1CCCN1)C(=O)O. The van der Waals surface area contributed by atoms with Crippen molar-refractivity contribution in [1.82, 2.24) is 36.4 Å².